The van der Waals surface area contributed by atoms with Crippen molar-refractivity contribution in [2.75, 3.05) is 19.6 Å². The Balaban J connectivity index is 2.04. The Bertz CT molecular complexity index is 385. The largest absolute Gasteiger partial charge is 0.481 e. The van der Waals surface area contributed by atoms with Gasteiger partial charge >= 0.3 is 12.0 Å². The summed E-state index contributed by atoms with van der Waals surface area (Å²) in [6, 6.07) is 0.269. The lowest BCUT2D eigenvalue weighted by Crippen LogP contribution is -2.55. The standard InChI is InChI=1S/C15H26N2O3/c1-10-7-11(2)12(3)17(8-10)15(20)16-6-4-5-13(9-16)14(18)19/h10-13H,4-9H2,1-3H3,(H,18,19). The van der Waals surface area contributed by atoms with Gasteiger partial charge in [0.05, 0.1) is 5.92 Å². The van der Waals surface area contributed by atoms with Gasteiger partial charge in [-0.2, -0.15) is 0 Å². The lowest BCUT2D eigenvalue weighted by Gasteiger charge is -2.44. The van der Waals surface area contributed by atoms with E-state index in [0.29, 0.717) is 31.3 Å². The molecule has 114 valence electrons. The van der Waals surface area contributed by atoms with Gasteiger partial charge in [0, 0.05) is 25.7 Å². The second kappa shape index (κ2) is 6.02. The summed E-state index contributed by atoms with van der Waals surface area (Å²) in [5.41, 5.74) is 0. The molecule has 0 aromatic rings. The molecule has 2 rings (SSSR count). The van der Waals surface area contributed by atoms with E-state index in [1.165, 1.54) is 0 Å². The summed E-state index contributed by atoms with van der Waals surface area (Å²) in [7, 11) is 0. The monoisotopic (exact) mass is 282 g/mol. The van der Waals surface area contributed by atoms with Crippen LogP contribution in [0.1, 0.15) is 40.0 Å². The summed E-state index contributed by atoms with van der Waals surface area (Å²) >= 11 is 0. The number of aliphatic carboxylic acids is 1. The molecule has 2 heterocycles. The van der Waals surface area contributed by atoms with Crippen LogP contribution in [0.5, 0.6) is 0 Å². The van der Waals surface area contributed by atoms with Crippen molar-refractivity contribution in [3.8, 4) is 0 Å². The first-order valence-electron chi connectivity index (χ1n) is 7.68. The molecule has 2 amide bonds. The molecular weight excluding hydrogens is 256 g/mol. The molecule has 2 aliphatic rings. The quantitative estimate of drug-likeness (QED) is 0.802. The van der Waals surface area contributed by atoms with Crippen molar-refractivity contribution in [2.24, 2.45) is 17.8 Å². The van der Waals surface area contributed by atoms with Gasteiger partial charge in [0.25, 0.3) is 0 Å². The van der Waals surface area contributed by atoms with Crippen LogP contribution in [0.3, 0.4) is 0 Å². The summed E-state index contributed by atoms with van der Waals surface area (Å²) in [5, 5.41) is 9.13. The summed E-state index contributed by atoms with van der Waals surface area (Å²) < 4.78 is 0. The molecule has 4 atom stereocenters. The highest BCUT2D eigenvalue weighted by molar-refractivity contribution is 5.77. The molecule has 0 aromatic heterocycles. The molecule has 0 aromatic carbocycles. The predicted molar refractivity (Wildman–Crippen MR) is 76.4 cm³/mol. The van der Waals surface area contributed by atoms with Crippen LogP contribution in [0.4, 0.5) is 4.79 Å². The fraction of sp³-hybridized carbons (Fsp3) is 0.867. The van der Waals surface area contributed by atoms with E-state index in [0.717, 1.165) is 19.4 Å². The molecule has 0 aliphatic carbocycles. The molecule has 2 aliphatic heterocycles. The number of carboxylic acids is 1. The number of urea groups is 1. The Morgan fingerprint density at radius 2 is 1.85 bits per heavy atom. The Morgan fingerprint density at radius 1 is 1.15 bits per heavy atom. The molecule has 0 bridgehead atoms. The number of hydrogen-bond acceptors (Lipinski definition) is 2. The lowest BCUT2D eigenvalue weighted by molar-refractivity contribution is -0.143. The number of hydrogen-bond donors (Lipinski definition) is 1. The molecule has 5 heteroatoms. The van der Waals surface area contributed by atoms with Gasteiger partial charge in [-0.1, -0.05) is 13.8 Å². The van der Waals surface area contributed by atoms with Gasteiger partial charge in [0.2, 0.25) is 0 Å². The minimum absolute atomic E-state index is 0.0295. The summed E-state index contributed by atoms with van der Waals surface area (Å²) in [6.07, 6.45) is 2.63. The van der Waals surface area contributed by atoms with Crippen molar-refractivity contribution in [3.63, 3.8) is 0 Å². The van der Waals surface area contributed by atoms with Crippen LogP contribution in [-0.2, 0) is 4.79 Å². The normalized spacial score (nSPS) is 35.0. The molecule has 5 nitrogen and oxygen atoms in total. The second-order valence-corrected chi connectivity index (χ2v) is 6.62. The number of rotatable bonds is 1. The van der Waals surface area contributed by atoms with E-state index in [9.17, 15) is 9.59 Å². The van der Waals surface area contributed by atoms with Crippen LogP contribution in [0.2, 0.25) is 0 Å². The van der Waals surface area contributed by atoms with Crippen molar-refractivity contribution < 1.29 is 14.7 Å². The van der Waals surface area contributed by atoms with Crippen LogP contribution >= 0.6 is 0 Å². The van der Waals surface area contributed by atoms with Crippen LogP contribution in [0.25, 0.3) is 0 Å². The van der Waals surface area contributed by atoms with Crippen LogP contribution in [-0.4, -0.2) is 52.6 Å². The molecule has 20 heavy (non-hydrogen) atoms. The van der Waals surface area contributed by atoms with E-state index in [4.69, 9.17) is 5.11 Å². The van der Waals surface area contributed by atoms with Gasteiger partial charge in [0.1, 0.15) is 0 Å². The number of likely N-dealkylation sites (tertiary alicyclic amines) is 2. The molecule has 0 saturated carbocycles. The average molecular weight is 282 g/mol. The molecule has 2 fully saturated rings. The van der Waals surface area contributed by atoms with Crippen LogP contribution < -0.4 is 0 Å². The smallest absolute Gasteiger partial charge is 0.320 e. The third-order valence-corrected chi connectivity index (χ3v) is 4.88. The summed E-state index contributed by atoms with van der Waals surface area (Å²) in [6.45, 7) is 8.32. The van der Waals surface area contributed by atoms with E-state index in [2.05, 4.69) is 20.8 Å². The number of piperidine rings is 2. The number of amides is 2. The minimum atomic E-state index is -0.782. The highest BCUT2D eigenvalue weighted by Gasteiger charge is 2.36. The molecule has 1 N–H and O–H groups in total. The Hall–Kier alpha value is -1.26. The Kier molecular flexibility index (Phi) is 4.55. The molecule has 2 saturated heterocycles. The van der Waals surface area contributed by atoms with Crippen LogP contribution in [0.15, 0.2) is 0 Å². The van der Waals surface area contributed by atoms with Crippen LogP contribution in [0, 0.1) is 17.8 Å². The molecular formula is C15H26N2O3. The van der Waals surface area contributed by atoms with Gasteiger partial charge in [-0.15, -0.1) is 0 Å². The van der Waals surface area contributed by atoms with E-state index in [1.54, 1.807) is 4.90 Å². The maximum atomic E-state index is 12.7. The van der Waals surface area contributed by atoms with E-state index >= 15 is 0 Å². The lowest BCUT2D eigenvalue weighted by atomic mass is 9.86. The van der Waals surface area contributed by atoms with Gasteiger partial charge in [0.15, 0.2) is 0 Å². The topological polar surface area (TPSA) is 60.9 Å². The SMILES string of the molecule is CC1CC(C)C(C)N(C(=O)N2CCCC(C(=O)O)C2)C1. The fourth-order valence-electron chi connectivity index (χ4n) is 3.50. The fourth-order valence-corrected chi connectivity index (χ4v) is 3.50. The van der Waals surface area contributed by atoms with E-state index in [1.807, 2.05) is 4.90 Å². The maximum absolute atomic E-state index is 12.7. The average Bonchev–Trinajstić information content (AvgIpc) is 2.42. The summed E-state index contributed by atoms with van der Waals surface area (Å²) in [4.78, 5) is 27.5. The van der Waals surface area contributed by atoms with Crippen molar-refractivity contribution >= 4 is 12.0 Å². The van der Waals surface area contributed by atoms with Crippen molar-refractivity contribution in [2.45, 2.75) is 46.1 Å². The van der Waals surface area contributed by atoms with Gasteiger partial charge in [-0.25, -0.2) is 4.79 Å². The minimum Gasteiger partial charge on any atom is -0.481 e. The number of carboxylic acid groups (broad SMARTS) is 1. The zero-order valence-corrected chi connectivity index (χ0v) is 12.7. The van der Waals surface area contributed by atoms with Gasteiger partial charge in [-0.3, -0.25) is 4.79 Å². The second-order valence-electron chi connectivity index (χ2n) is 6.62. The first-order valence-corrected chi connectivity index (χ1v) is 7.68. The zero-order valence-electron chi connectivity index (χ0n) is 12.7. The van der Waals surface area contributed by atoms with Crippen molar-refractivity contribution in [3.05, 3.63) is 0 Å². The highest BCUT2D eigenvalue weighted by Crippen LogP contribution is 2.28. The Morgan fingerprint density at radius 3 is 2.50 bits per heavy atom. The third-order valence-electron chi connectivity index (χ3n) is 4.88. The zero-order chi connectivity index (χ0) is 14.9. The summed E-state index contributed by atoms with van der Waals surface area (Å²) in [5.74, 6) is -0.161. The molecule has 0 radical (unpaired) electrons. The highest BCUT2D eigenvalue weighted by atomic mass is 16.4. The molecule has 0 spiro atoms. The van der Waals surface area contributed by atoms with Crippen molar-refractivity contribution in [1.29, 1.82) is 0 Å². The van der Waals surface area contributed by atoms with E-state index < -0.39 is 11.9 Å². The molecule has 4 unspecified atom stereocenters. The first-order chi connectivity index (χ1) is 9.40. The first kappa shape index (κ1) is 15.1. The van der Waals surface area contributed by atoms with Gasteiger partial charge < -0.3 is 14.9 Å². The van der Waals surface area contributed by atoms with Crippen molar-refractivity contribution in [1.82, 2.24) is 9.80 Å². The third kappa shape index (κ3) is 3.07. The predicted octanol–water partition coefficient (Wildman–Crippen LogP) is 2.27. The number of carbonyl (C=O) groups excluding carboxylic acids is 1. The number of carbonyl (C=O) groups is 2. The maximum Gasteiger partial charge on any atom is 0.320 e. The Labute approximate surface area is 120 Å². The van der Waals surface area contributed by atoms with Gasteiger partial charge in [-0.05, 0) is 38.0 Å². The van der Waals surface area contributed by atoms with E-state index in [-0.39, 0.29) is 12.1 Å². The number of nitrogens with zero attached hydrogens (tertiary/aromatic N) is 2.